The van der Waals surface area contributed by atoms with Gasteiger partial charge in [-0.05, 0) is 37.6 Å². The third kappa shape index (κ3) is 2.07. The van der Waals surface area contributed by atoms with Crippen LogP contribution in [0.5, 0.6) is 5.75 Å². The van der Waals surface area contributed by atoms with Gasteiger partial charge in [0.25, 0.3) is 0 Å². The number of hydrogen-bond donors (Lipinski definition) is 2. The lowest BCUT2D eigenvalue weighted by Gasteiger charge is -2.11. The molecule has 2 aromatic carbocycles. The Morgan fingerprint density at radius 2 is 1.87 bits per heavy atom. The summed E-state index contributed by atoms with van der Waals surface area (Å²) in [5.41, 5.74) is -0.358. The van der Waals surface area contributed by atoms with Gasteiger partial charge in [0.15, 0.2) is 11.4 Å². The number of aromatic hydroxyl groups is 1. The Balaban J connectivity index is 2.72. The van der Waals surface area contributed by atoms with Crippen LogP contribution in [0, 0.1) is 6.92 Å². The molecule has 0 aliphatic rings. The highest BCUT2D eigenvalue weighted by Gasteiger charge is 2.23. The predicted molar refractivity (Wildman–Crippen MR) is 83.4 cm³/mol. The second-order valence-electron chi connectivity index (χ2n) is 5.26. The van der Waals surface area contributed by atoms with Crippen LogP contribution in [0.3, 0.4) is 0 Å². The summed E-state index contributed by atoms with van der Waals surface area (Å²) in [5, 5.41) is 18.9. The highest BCUT2D eigenvalue weighted by atomic mass is 16.4. The van der Waals surface area contributed by atoms with Crippen molar-refractivity contribution in [3.63, 3.8) is 0 Å². The lowest BCUT2D eigenvalue weighted by molar-refractivity contribution is 0.0698. The molecule has 23 heavy (non-hydrogen) atoms. The zero-order valence-electron chi connectivity index (χ0n) is 12.3. The van der Waals surface area contributed by atoms with E-state index in [0.717, 1.165) is 0 Å². The first-order valence-electron chi connectivity index (χ1n) is 6.79. The zero-order chi connectivity index (χ0) is 16.9. The van der Waals surface area contributed by atoms with Gasteiger partial charge < -0.3 is 14.6 Å². The fraction of sp³-hybridized carbons (Fsp3) is 0.118. The average Bonchev–Trinajstić information content (AvgIpc) is 2.45. The largest absolute Gasteiger partial charge is 0.507 e. The van der Waals surface area contributed by atoms with Crippen LogP contribution in [0.4, 0.5) is 0 Å². The Morgan fingerprint density at radius 1 is 1.17 bits per heavy atom. The van der Waals surface area contributed by atoms with Crippen molar-refractivity contribution in [1.29, 1.82) is 0 Å². The molecule has 1 aromatic heterocycles. The van der Waals surface area contributed by atoms with Crippen molar-refractivity contribution >= 4 is 33.7 Å². The number of carbonyl (C=O) groups excluding carboxylic acids is 1. The molecule has 0 saturated heterocycles. The van der Waals surface area contributed by atoms with Crippen LogP contribution in [0.25, 0.3) is 21.9 Å². The summed E-state index contributed by atoms with van der Waals surface area (Å²) in [7, 11) is 0. The SMILES string of the molecule is CC(=O)c1c(C)cc(C(=O)O)c2c(=O)c3c(O)cccc3oc12. The summed E-state index contributed by atoms with van der Waals surface area (Å²) in [4.78, 5) is 36.1. The molecule has 0 atom stereocenters. The first kappa shape index (κ1) is 14.8. The maximum atomic E-state index is 12.7. The minimum absolute atomic E-state index is 0.0713. The molecule has 0 saturated carbocycles. The van der Waals surface area contributed by atoms with Crippen LogP contribution in [-0.4, -0.2) is 22.0 Å². The fourth-order valence-corrected chi connectivity index (χ4v) is 2.79. The van der Waals surface area contributed by atoms with Crippen molar-refractivity contribution in [3.8, 4) is 5.75 Å². The molecule has 6 heteroatoms. The molecular formula is C17H12O6. The maximum absolute atomic E-state index is 12.7. The van der Waals surface area contributed by atoms with Crippen LogP contribution < -0.4 is 5.43 Å². The van der Waals surface area contributed by atoms with Gasteiger partial charge in [0, 0.05) is 0 Å². The molecule has 0 spiro atoms. The van der Waals surface area contributed by atoms with E-state index in [4.69, 9.17) is 4.42 Å². The number of phenolic OH excluding ortho intramolecular Hbond substituents is 1. The van der Waals surface area contributed by atoms with Crippen molar-refractivity contribution in [3.05, 3.63) is 51.2 Å². The van der Waals surface area contributed by atoms with E-state index in [-0.39, 0.29) is 44.6 Å². The number of fused-ring (bicyclic) bond motifs is 2. The molecule has 0 amide bonds. The van der Waals surface area contributed by atoms with Crippen molar-refractivity contribution in [1.82, 2.24) is 0 Å². The highest BCUT2D eigenvalue weighted by molar-refractivity contribution is 6.13. The summed E-state index contributed by atoms with van der Waals surface area (Å²) >= 11 is 0. The van der Waals surface area contributed by atoms with Crippen LogP contribution in [0.15, 0.2) is 33.5 Å². The van der Waals surface area contributed by atoms with Crippen molar-refractivity contribution < 1.29 is 24.2 Å². The Hall–Kier alpha value is -3.15. The first-order chi connectivity index (χ1) is 10.8. The standard InChI is InChI=1S/C17H12O6/c1-7-6-9(17(21)22)13-15(20)14-10(19)4-3-5-11(14)23-16(13)12(7)8(2)18/h3-6,19H,1-2H3,(H,21,22). The molecular weight excluding hydrogens is 300 g/mol. The number of phenols is 1. The second-order valence-corrected chi connectivity index (χ2v) is 5.26. The van der Waals surface area contributed by atoms with Crippen LogP contribution in [0.2, 0.25) is 0 Å². The van der Waals surface area contributed by atoms with Crippen LogP contribution in [-0.2, 0) is 0 Å². The van der Waals surface area contributed by atoms with Gasteiger partial charge in [-0.3, -0.25) is 9.59 Å². The lowest BCUT2D eigenvalue weighted by Crippen LogP contribution is -2.12. The van der Waals surface area contributed by atoms with Gasteiger partial charge in [0.2, 0.25) is 5.43 Å². The second kappa shape index (κ2) is 4.95. The molecule has 0 aliphatic heterocycles. The number of rotatable bonds is 2. The molecule has 2 N–H and O–H groups in total. The Labute approximate surface area is 129 Å². The van der Waals surface area contributed by atoms with E-state index in [0.29, 0.717) is 5.56 Å². The fourth-order valence-electron chi connectivity index (χ4n) is 2.79. The molecule has 3 aromatic rings. The quantitative estimate of drug-likeness (QED) is 0.557. The summed E-state index contributed by atoms with van der Waals surface area (Å²) in [6, 6.07) is 5.55. The normalized spacial score (nSPS) is 11.0. The minimum atomic E-state index is -1.31. The third-order valence-corrected chi connectivity index (χ3v) is 3.73. The zero-order valence-corrected chi connectivity index (χ0v) is 12.3. The van der Waals surface area contributed by atoms with E-state index in [1.165, 1.54) is 31.2 Å². The summed E-state index contributed by atoms with van der Waals surface area (Å²) in [5.74, 6) is -1.96. The van der Waals surface area contributed by atoms with Gasteiger partial charge in [-0.1, -0.05) is 6.07 Å². The summed E-state index contributed by atoms with van der Waals surface area (Å²) < 4.78 is 5.63. The van der Waals surface area contributed by atoms with E-state index < -0.39 is 11.4 Å². The number of ketones is 1. The Kier molecular flexibility index (Phi) is 3.18. The predicted octanol–water partition coefficient (Wildman–Crippen LogP) is 2.86. The van der Waals surface area contributed by atoms with E-state index >= 15 is 0 Å². The number of aromatic carboxylic acids is 1. The smallest absolute Gasteiger partial charge is 0.336 e. The molecule has 0 unspecified atom stereocenters. The molecule has 1 heterocycles. The van der Waals surface area contributed by atoms with Gasteiger partial charge in [0.05, 0.1) is 16.5 Å². The summed E-state index contributed by atoms with van der Waals surface area (Å²) in [6.07, 6.45) is 0. The number of benzene rings is 2. The van der Waals surface area contributed by atoms with Gasteiger partial charge >= 0.3 is 5.97 Å². The van der Waals surface area contributed by atoms with Gasteiger partial charge in [0.1, 0.15) is 16.7 Å². The highest BCUT2D eigenvalue weighted by Crippen LogP contribution is 2.30. The topological polar surface area (TPSA) is 105 Å². The molecule has 0 aliphatic carbocycles. The van der Waals surface area contributed by atoms with Crippen molar-refractivity contribution in [2.24, 2.45) is 0 Å². The molecule has 6 nitrogen and oxygen atoms in total. The molecule has 0 radical (unpaired) electrons. The third-order valence-electron chi connectivity index (χ3n) is 3.73. The average molecular weight is 312 g/mol. The molecule has 0 fully saturated rings. The summed E-state index contributed by atoms with van der Waals surface area (Å²) in [6.45, 7) is 2.89. The van der Waals surface area contributed by atoms with Gasteiger partial charge in [-0.25, -0.2) is 4.79 Å². The Bertz CT molecular complexity index is 1060. The van der Waals surface area contributed by atoms with E-state index in [1.54, 1.807) is 6.92 Å². The number of aryl methyl sites for hydroxylation is 1. The number of carboxylic acid groups (broad SMARTS) is 1. The molecule has 0 bridgehead atoms. The van der Waals surface area contributed by atoms with E-state index in [1.807, 2.05) is 0 Å². The lowest BCUT2D eigenvalue weighted by atomic mass is 9.96. The van der Waals surface area contributed by atoms with Crippen LogP contribution >= 0.6 is 0 Å². The van der Waals surface area contributed by atoms with Crippen LogP contribution in [0.1, 0.15) is 33.2 Å². The number of Topliss-reactive ketones (excluding diaryl/α,β-unsaturated/α-hetero) is 1. The molecule has 116 valence electrons. The first-order valence-corrected chi connectivity index (χ1v) is 6.79. The van der Waals surface area contributed by atoms with Gasteiger partial charge in [-0.2, -0.15) is 0 Å². The van der Waals surface area contributed by atoms with Crippen molar-refractivity contribution in [2.75, 3.05) is 0 Å². The monoisotopic (exact) mass is 312 g/mol. The van der Waals surface area contributed by atoms with E-state index in [9.17, 15) is 24.6 Å². The number of carboxylic acids is 1. The minimum Gasteiger partial charge on any atom is -0.507 e. The van der Waals surface area contributed by atoms with Gasteiger partial charge in [-0.15, -0.1) is 0 Å². The maximum Gasteiger partial charge on any atom is 0.336 e. The van der Waals surface area contributed by atoms with Crippen molar-refractivity contribution in [2.45, 2.75) is 13.8 Å². The van der Waals surface area contributed by atoms with E-state index in [2.05, 4.69) is 0 Å². The number of hydrogen-bond acceptors (Lipinski definition) is 5. The molecule has 3 rings (SSSR count). The number of carbonyl (C=O) groups is 2. The Morgan fingerprint density at radius 3 is 2.48 bits per heavy atom.